The zero-order chi connectivity index (χ0) is 21.5. The molecule has 0 N–H and O–H groups in total. The Morgan fingerprint density at radius 1 is 0.455 bits per heavy atom. The van der Waals surface area contributed by atoms with E-state index in [1.54, 1.807) is 11.1 Å². The van der Waals surface area contributed by atoms with Gasteiger partial charge in [-0.3, -0.25) is 0 Å². The maximum atomic E-state index is 2.47. The second kappa shape index (κ2) is 7.64. The Morgan fingerprint density at radius 2 is 0.879 bits per heavy atom. The number of benzene rings is 2. The lowest BCUT2D eigenvalue weighted by Gasteiger charge is -2.32. The lowest BCUT2D eigenvalue weighted by atomic mass is 9.73. The Balaban J connectivity index is 0.940. The molecule has 10 unspecified atom stereocenters. The highest BCUT2D eigenvalue weighted by Gasteiger charge is 2.54. The van der Waals surface area contributed by atoms with Gasteiger partial charge in [0, 0.05) is 9.79 Å². The van der Waals surface area contributed by atoms with Gasteiger partial charge in [-0.05, 0) is 146 Å². The van der Waals surface area contributed by atoms with Crippen molar-refractivity contribution in [3.05, 3.63) is 59.7 Å². The molecule has 6 aliphatic carbocycles. The van der Waals surface area contributed by atoms with E-state index < -0.39 is 0 Å². The van der Waals surface area contributed by atoms with E-state index in [1.165, 1.54) is 74.0 Å². The summed E-state index contributed by atoms with van der Waals surface area (Å²) in [6.45, 7) is 0. The highest BCUT2D eigenvalue weighted by Crippen LogP contribution is 2.64. The Hall–Kier alpha value is -1.21. The van der Waals surface area contributed by atoms with Crippen LogP contribution in [0.2, 0.25) is 0 Å². The van der Waals surface area contributed by atoms with Crippen LogP contribution in [0.3, 0.4) is 0 Å². The zero-order valence-corrected chi connectivity index (χ0v) is 20.7. The van der Waals surface area contributed by atoms with Crippen LogP contribution in [0.1, 0.15) is 87.2 Å². The van der Waals surface area contributed by atoms with Crippen molar-refractivity contribution in [1.29, 1.82) is 0 Å². The van der Waals surface area contributed by atoms with Gasteiger partial charge in [0.15, 0.2) is 0 Å². The Kier molecular flexibility index (Phi) is 4.64. The van der Waals surface area contributed by atoms with Gasteiger partial charge in [-0.25, -0.2) is 0 Å². The molecule has 6 fully saturated rings. The Labute approximate surface area is 204 Å². The first-order valence-corrected chi connectivity index (χ1v) is 15.0. The normalized spacial score (nSPS) is 44.5. The van der Waals surface area contributed by atoms with Crippen LogP contribution in [0.25, 0.3) is 0 Å². The van der Waals surface area contributed by atoms with Crippen LogP contribution < -0.4 is 0 Å². The third-order valence-corrected chi connectivity index (χ3v) is 12.7. The number of rotatable bonds is 4. The molecule has 0 nitrogen and oxygen atoms in total. The summed E-state index contributed by atoms with van der Waals surface area (Å²) >= 11 is 1.95. The molecule has 0 heterocycles. The molecule has 2 aromatic carbocycles. The molecule has 0 saturated heterocycles. The topological polar surface area (TPSA) is 0 Å². The first-order valence-electron chi connectivity index (χ1n) is 14.2. The lowest BCUT2D eigenvalue weighted by molar-refractivity contribution is 0.232. The molecule has 10 atom stereocenters. The minimum Gasteiger partial charge on any atom is -0.0901 e. The van der Waals surface area contributed by atoms with Gasteiger partial charge in [0.2, 0.25) is 0 Å². The standard InChI is InChI=1S/C32H38S/c1-3-25-21-15-29(31(17-21)27(25)5-1)19-7-11-23(12-8-19)33-24-13-9-20(10-14-24)30-16-22-18-32(30)28-6-2-4-26(22)28/h7-14,21-22,25-32H,1-6,15-18H2. The molecule has 0 amide bonds. The van der Waals surface area contributed by atoms with Crippen LogP contribution in [0, 0.1) is 47.3 Å². The molecule has 33 heavy (non-hydrogen) atoms. The second-order valence-corrected chi connectivity index (χ2v) is 13.9. The predicted octanol–water partition coefficient (Wildman–Crippen LogP) is 8.92. The third-order valence-electron chi connectivity index (χ3n) is 11.7. The molecule has 172 valence electrons. The molecule has 8 rings (SSSR count). The van der Waals surface area contributed by atoms with Crippen LogP contribution in [-0.2, 0) is 0 Å². The maximum absolute atomic E-state index is 2.47. The van der Waals surface area contributed by atoms with Crippen molar-refractivity contribution < 1.29 is 0 Å². The Bertz CT molecular complexity index is 938. The van der Waals surface area contributed by atoms with Gasteiger partial charge in [-0.1, -0.05) is 48.9 Å². The van der Waals surface area contributed by atoms with Crippen molar-refractivity contribution in [3.63, 3.8) is 0 Å². The quantitative estimate of drug-likeness (QED) is 0.444. The minimum atomic E-state index is 0.855. The maximum Gasteiger partial charge on any atom is 0.0122 e. The van der Waals surface area contributed by atoms with Gasteiger partial charge in [-0.15, -0.1) is 0 Å². The first-order chi connectivity index (χ1) is 16.3. The lowest BCUT2D eigenvalue weighted by Crippen LogP contribution is -2.23. The summed E-state index contributed by atoms with van der Waals surface area (Å²) in [6.07, 6.45) is 15.2. The first kappa shape index (κ1) is 20.0. The smallest absolute Gasteiger partial charge is 0.0122 e. The van der Waals surface area contributed by atoms with Crippen LogP contribution in [0.5, 0.6) is 0 Å². The molecule has 4 bridgehead atoms. The fourth-order valence-electron chi connectivity index (χ4n) is 10.6. The zero-order valence-electron chi connectivity index (χ0n) is 19.9. The minimum absolute atomic E-state index is 0.855. The molecule has 0 aliphatic heterocycles. The molecule has 2 aromatic rings. The average Bonchev–Trinajstić information content (AvgIpc) is 3.65. The molecule has 6 saturated carbocycles. The monoisotopic (exact) mass is 454 g/mol. The van der Waals surface area contributed by atoms with Gasteiger partial charge in [0.1, 0.15) is 0 Å². The van der Waals surface area contributed by atoms with E-state index in [9.17, 15) is 0 Å². The van der Waals surface area contributed by atoms with Crippen LogP contribution in [0.15, 0.2) is 58.3 Å². The van der Waals surface area contributed by atoms with E-state index >= 15 is 0 Å². The second-order valence-electron chi connectivity index (χ2n) is 12.8. The highest BCUT2D eigenvalue weighted by molar-refractivity contribution is 7.99. The summed E-state index contributed by atoms with van der Waals surface area (Å²) in [7, 11) is 0. The fourth-order valence-corrected chi connectivity index (χ4v) is 11.4. The van der Waals surface area contributed by atoms with Gasteiger partial charge < -0.3 is 0 Å². The van der Waals surface area contributed by atoms with E-state index in [1.807, 2.05) is 11.8 Å². The molecule has 1 heteroatoms. The molecule has 0 radical (unpaired) electrons. The molecular weight excluding hydrogens is 416 g/mol. The SMILES string of the molecule is c1cc(C2CC3CC2C2CCCC32)ccc1Sc1ccc(C2CC3CC2C2CCCC32)cc1. The Morgan fingerprint density at radius 3 is 1.33 bits per heavy atom. The number of hydrogen-bond acceptors (Lipinski definition) is 1. The van der Waals surface area contributed by atoms with E-state index in [4.69, 9.17) is 0 Å². The van der Waals surface area contributed by atoms with Gasteiger partial charge in [0.05, 0.1) is 0 Å². The molecule has 0 aromatic heterocycles. The van der Waals surface area contributed by atoms with E-state index in [0.717, 1.165) is 59.2 Å². The van der Waals surface area contributed by atoms with Gasteiger partial charge in [0.25, 0.3) is 0 Å². The van der Waals surface area contributed by atoms with Crippen molar-refractivity contribution in [2.75, 3.05) is 0 Å². The van der Waals surface area contributed by atoms with Crippen molar-refractivity contribution in [2.45, 2.75) is 85.8 Å². The summed E-state index contributed by atoms with van der Waals surface area (Å²) in [6, 6.07) is 19.5. The van der Waals surface area contributed by atoms with E-state index in [2.05, 4.69) is 48.5 Å². The average molecular weight is 455 g/mol. The summed E-state index contributed by atoms with van der Waals surface area (Å²) in [5.74, 6) is 10.1. The van der Waals surface area contributed by atoms with Crippen LogP contribution >= 0.6 is 11.8 Å². The van der Waals surface area contributed by atoms with Crippen molar-refractivity contribution >= 4 is 11.8 Å². The van der Waals surface area contributed by atoms with Crippen LogP contribution in [-0.4, -0.2) is 0 Å². The van der Waals surface area contributed by atoms with Crippen molar-refractivity contribution in [1.82, 2.24) is 0 Å². The van der Waals surface area contributed by atoms with Gasteiger partial charge >= 0.3 is 0 Å². The molecule has 6 aliphatic rings. The van der Waals surface area contributed by atoms with Crippen molar-refractivity contribution in [2.24, 2.45) is 47.3 Å². The largest absolute Gasteiger partial charge is 0.0901 e. The fraction of sp³-hybridized carbons (Fsp3) is 0.625. The highest BCUT2D eigenvalue weighted by atomic mass is 32.2. The van der Waals surface area contributed by atoms with E-state index in [0.29, 0.717) is 0 Å². The number of fused-ring (bicyclic) bond motifs is 10. The third kappa shape index (κ3) is 3.10. The van der Waals surface area contributed by atoms with E-state index in [-0.39, 0.29) is 0 Å². The summed E-state index contributed by atoms with van der Waals surface area (Å²) in [5.41, 5.74) is 3.27. The molecule has 0 spiro atoms. The van der Waals surface area contributed by atoms with Gasteiger partial charge in [-0.2, -0.15) is 0 Å². The summed E-state index contributed by atoms with van der Waals surface area (Å²) in [5, 5.41) is 0. The number of hydrogen-bond donors (Lipinski definition) is 0. The molecular formula is C32H38S. The summed E-state index contributed by atoms with van der Waals surface area (Å²) in [4.78, 5) is 2.81. The van der Waals surface area contributed by atoms with Crippen molar-refractivity contribution in [3.8, 4) is 0 Å². The van der Waals surface area contributed by atoms with Crippen LogP contribution in [0.4, 0.5) is 0 Å². The summed E-state index contributed by atoms with van der Waals surface area (Å²) < 4.78 is 0. The predicted molar refractivity (Wildman–Crippen MR) is 137 cm³/mol.